The molecule has 1 fully saturated rings. The van der Waals surface area contributed by atoms with Gasteiger partial charge in [-0.1, -0.05) is 17.7 Å². The number of alkyl halides is 3. The molecule has 5 nitrogen and oxygen atoms in total. The van der Waals surface area contributed by atoms with E-state index < -0.39 is 42.2 Å². The quantitative estimate of drug-likeness (QED) is 0.530. The van der Waals surface area contributed by atoms with E-state index in [1.54, 1.807) is 0 Å². The first-order valence-electron chi connectivity index (χ1n) is 8.23. The van der Waals surface area contributed by atoms with Gasteiger partial charge in [-0.3, -0.25) is 4.79 Å². The number of hydrogen-bond donors (Lipinski definition) is 0. The van der Waals surface area contributed by atoms with E-state index in [1.807, 2.05) is 27.7 Å². The molecule has 0 amide bonds. The van der Waals surface area contributed by atoms with Gasteiger partial charge >= 0.3 is 19.5 Å². The summed E-state index contributed by atoms with van der Waals surface area (Å²) in [6.07, 6.45) is -4.95. The van der Waals surface area contributed by atoms with Crippen molar-refractivity contribution in [1.82, 2.24) is 0 Å². The van der Waals surface area contributed by atoms with Gasteiger partial charge in [0.05, 0.1) is 29.8 Å². The maximum Gasteiger partial charge on any atom is 0.573 e. The number of hydrogen-bond acceptors (Lipinski definition) is 5. The minimum absolute atomic E-state index is 0.0941. The summed E-state index contributed by atoms with van der Waals surface area (Å²) in [4.78, 5) is 11.9. The predicted octanol–water partition coefficient (Wildman–Crippen LogP) is 4.52. The van der Waals surface area contributed by atoms with Gasteiger partial charge in [0, 0.05) is 5.82 Å². The molecule has 0 aliphatic carbocycles. The first-order valence-corrected chi connectivity index (χ1v) is 8.61. The Hall–Kier alpha value is -1.45. The lowest BCUT2D eigenvalue weighted by Gasteiger charge is -2.32. The van der Waals surface area contributed by atoms with Crippen molar-refractivity contribution in [2.45, 2.75) is 57.5 Å². The van der Waals surface area contributed by atoms with Gasteiger partial charge in [-0.2, -0.15) is 0 Å². The lowest BCUT2D eigenvalue weighted by Crippen LogP contribution is -2.41. The Bertz CT molecular complexity index is 692. The van der Waals surface area contributed by atoms with Crippen LogP contribution in [0.3, 0.4) is 0 Å². The van der Waals surface area contributed by atoms with Crippen LogP contribution in [0.4, 0.5) is 13.2 Å². The molecule has 0 radical (unpaired) electrons. The van der Waals surface area contributed by atoms with Crippen LogP contribution in [0.25, 0.3) is 0 Å². The van der Waals surface area contributed by atoms with Crippen molar-refractivity contribution in [2.24, 2.45) is 0 Å². The molecule has 0 aromatic heterocycles. The van der Waals surface area contributed by atoms with E-state index in [0.29, 0.717) is 5.56 Å². The monoisotopic (exact) mass is 408 g/mol. The number of methoxy groups -OCH3 is 1. The van der Waals surface area contributed by atoms with Gasteiger partial charge in [-0.15, -0.1) is 13.2 Å². The first-order chi connectivity index (χ1) is 12.3. The van der Waals surface area contributed by atoms with Crippen molar-refractivity contribution in [1.29, 1.82) is 0 Å². The van der Waals surface area contributed by atoms with Gasteiger partial charge in [-0.25, -0.2) is 0 Å². The molecule has 1 aliphatic rings. The Morgan fingerprint density at radius 2 is 1.78 bits per heavy atom. The Morgan fingerprint density at radius 3 is 2.22 bits per heavy atom. The molecule has 10 heteroatoms. The van der Waals surface area contributed by atoms with E-state index in [2.05, 4.69) is 4.74 Å². The van der Waals surface area contributed by atoms with Crippen LogP contribution in [0.15, 0.2) is 18.2 Å². The lowest BCUT2D eigenvalue weighted by atomic mass is 9.66. The predicted molar refractivity (Wildman–Crippen MR) is 93.6 cm³/mol. The molecule has 2 rings (SSSR count). The molecule has 150 valence electrons. The number of carbonyl (C=O) groups excluding carboxylic acids is 1. The largest absolute Gasteiger partial charge is 0.573 e. The average molecular weight is 409 g/mol. The number of halogens is 4. The molecule has 0 N–H and O–H groups in total. The van der Waals surface area contributed by atoms with Crippen LogP contribution in [-0.4, -0.2) is 37.8 Å². The van der Waals surface area contributed by atoms with Gasteiger partial charge in [0.2, 0.25) is 0 Å². The summed E-state index contributed by atoms with van der Waals surface area (Å²) < 4.78 is 57.9. The topological polar surface area (TPSA) is 54.0 Å². The van der Waals surface area contributed by atoms with Crippen molar-refractivity contribution >= 4 is 24.7 Å². The minimum atomic E-state index is -4.86. The highest BCUT2D eigenvalue weighted by Gasteiger charge is 2.54. The smallest absolute Gasteiger partial charge is 0.469 e. The Morgan fingerprint density at radius 1 is 1.22 bits per heavy atom. The van der Waals surface area contributed by atoms with Crippen LogP contribution < -0.4 is 4.74 Å². The van der Waals surface area contributed by atoms with Crippen LogP contribution in [0.5, 0.6) is 5.75 Å². The second-order valence-corrected chi connectivity index (χ2v) is 7.66. The Kier molecular flexibility index (Phi) is 6.09. The number of carbonyl (C=O) groups is 1. The Balaban J connectivity index is 2.35. The summed E-state index contributed by atoms with van der Waals surface area (Å²) in [7, 11) is 0.441. The van der Waals surface area contributed by atoms with E-state index in [1.165, 1.54) is 19.2 Å². The summed E-state index contributed by atoms with van der Waals surface area (Å²) in [5, 5.41) is -0.240. The Labute approximate surface area is 161 Å². The molecule has 1 saturated heterocycles. The van der Waals surface area contributed by atoms with E-state index in [0.717, 1.165) is 6.07 Å². The number of benzene rings is 1. The highest BCUT2D eigenvalue weighted by Crippen LogP contribution is 2.43. The summed E-state index contributed by atoms with van der Waals surface area (Å²) in [5.74, 6) is -1.67. The highest BCUT2D eigenvalue weighted by molar-refractivity contribution is 6.48. The zero-order chi connectivity index (χ0) is 20.6. The molecule has 0 bridgehead atoms. The number of esters is 1. The third kappa shape index (κ3) is 5.09. The summed E-state index contributed by atoms with van der Waals surface area (Å²) >= 11 is 5.95. The molecule has 1 unspecified atom stereocenters. The second-order valence-electron chi connectivity index (χ2n) is 7.25. The van der Waals surface area contributed by atoms with Gasteiger partial charge in [0.15, 0.2) is 0 Å². The third-order valence-electron chi connectivity index (χ3n) is 4.82. The fraction of sp³-hybridized carbons (Fsp3) is 0.588. The van der Waals surface area contributed by atoms with Crippen LogP contribution in [0.2, 0.25) is 5.02 Å². The summed E-state index contributed by atoms with van der Waals surface area (Å²) in [5.41, 5.74) is -0.817. The van der Waals surface area contributed by atoms with Crippen molar-refractivity contribution < 1.29 is 36.7 Å². The van der Waals surface area contributed by atoms with Gasteiger partial charge in [0.1, 0.15) is 5.75 Å². The van der Waals surface area contributed by atoms with Gasteiger partial charge in [-0.05, 0) is 45.4 Å². The molecular weight excluding hydrogens is 387 g/mol. The van der Waals surface area contributed by atoms with E-state index in [9.17, 15) is 18.0 Å². The fourth-order valence-electron chi connectivity index (χ4n) is 2.64. The summed E-state index contributed by atoms with van der Waals surface area (Å²) in [6, 6.07) is 3.80. The summed E-state index contributed by atoms with van der Waals surface area (Å²) in [6.45, 7) is 7.43. The molecule has 0 saturated carbocycles. The normalized spacial score (nSPS) is 19.7. The van der Waals surface area contributed by atoms with E-state index in [4.69, 9.17) is 25.6 Å². The fourth-order valence-corrected chi connectivity index (χ4v) is 2.87. The maximum absolute atomic E-state index is 12.4. The van der Waals surface area contributed by atoms with Crippen molar-refractivity contribution in [3.8, 4) is 5.75 Å². The molecule has 0 spiro atoms. The van der Waals surface area contributed by atoms with Crippen LogP contribution in [0, 0.1) is 0 Å². The average Bonchev–Trinajstić information content (AvgIpc) is 2.73. The SMILES string of the molecule is COC(=O)CC(B1OC(C)(C)C(C)(C)O1)c1ccc(OC(F)(F)F)c(Cl)c1. The van der Waals surface area contributed by atoms with E-state index >= 15 is 0 Å². The minimum Gasteiger partial charge on any atom is -0.469 e. The molecule has 1 atom stereocenters. The van der Waals surface area contributed by atoms with Gasteiger partial charge < -0.3 is 18.8 Å². The molecule has 27 heavy (non-hydrogen) atoms. The van der Waals surface area contributed by atoms with Gasteiger partial charge in [0.25, 0.3) is 0 Å². The number of ether oxygens (including phenoxy) is 2. The molecule has 1 heterocycles. The van der Waals surface area contributed by atoms with Crippen molar-refractivity contribution in [3.63, 3.8) is 0 Å². The maximum atomic E-state index is 12.4. The van der Waals surface area contributed by atoms with Crippen LogP contribution in [-0.2, 0) is 18.8 Å². The molecule has 1 aromatic rings. The standard InChI is InChI=1S/C17H21BClF3O5/c1-15(2)16(3,4)27-18(26-15)11(9-14(23)24-5)10-6-7-13(12(19)8-10)25-17(20,21)22/h6-8,11H,9H2,1-5H3. The van der Waals surface area contributed by atoms with Crippen molar-refractivity contribution in [3.05, 3.63) is 28.8 Å². The lowest BCUT2D eigenvalue weighted by molar-refractivity contribution is -0.274. The van der Waals surface area contributed by atoms with Crippen LogP contribution >= 0.6 is 11.6 Å². The molecule has 1 aromatic carbocycles. The molecular formula is C17H21BClF3O5. The van der Waals surface area contributed by atoms with E-state index in [-0.39, 0.29) is 11.4 Å². The zero-order valence-corrected chi connectivity index (χ0v) is 16.4. The highest BCUT2D eigenvalue weighted by atomic mass is 35.5. The molecule has 1 aliphatic heterocycles. The van der Waals surface area contributed by atoms with Crippen LogP contribution in [0.1, 0.15) is 45.5 Å². The second kappa shape index (κ2) is 7.52. The first kappa shape index (κ1) is 21.9. The zero-order valence-electron chi connectivity index (χ0n) is 15.6. The number of rotatable bonds is 5. The van der Waals surface area contributed by atoms with Crippen molar-refractivity contribution in [2.75, 3.05) is 7.11 Å². The third-order valence-corrected chi connectivity index (χ3v) is 5.12.